The monoisotopic (exact) mass is 706 g/mol. The summed E-state index contributed by atoms with van der Waals surface area (Å²) < 4.78 is 1.32. The molecule has 2 amide bonds. The number of amides is 2. The second-order valence-electron chi connectivity index (χ2n) is 5.05. The Morgan fingerprint density at radius 3 is 2.04 bits per heavy atom. The maximum absolute atomic E-state index is 12.7. The molecular formula is C14H17I3N2O7. The first-order valence-electron chi connectivity index (χ1n) is 7.14. The Hall–Kier alpha value is 0.150. The van der Waals surface area contributed by atoms with Gasteiger partial charge in [0.2, 0.25) is 5.91 Å². The van der Waals surface area contributed by atoms with Gasteiger partial charge in [0.15, 0.2) is 0 Å². The quantitative estimate of drug-likeness (QED) is 0.178. The summed E-state index contributed by atoms with van der Waals surface area (Å²) in [4.78, 5) is 24.3. The fourth-order valence-corrected chi connectivity index (χ4v) is 6.24. The lowest BCUT2D eigenvalue weighted by molar-refractivity contribution is -0.118. The zero-order valence-corrected chi connectivity index (χ0v) is 19.6. The molecule has 12 heteroatoms. The summed E-state index contributed by atoms with van der Waals surface area (Å²) in [6, 6.07) is -1.09. The summed E-state index contributed by atoms with van der Waals surface area (Å²) >= 11 is 5.66. The number of carbonyl (C=O) groups is 2. The van der Waals surface area contributed by atoms with E-state index in [2.05, 4.69) is 10.6 Å². The van der Waals surface area contributed by atoms with Gasteiger partial charge in [-0.15, -0.1) is 0 Å². The molecule has 0 heterocycles. The minimum Gasteiger partial charge on any atom is -0.394 e. The molecule has 0 aromatic heterocycles. The van der Waals surface area contributed by atoms with E-state index in [1.54, 1.807) is 0 Å². The Balaban J connectivity index is 3.43. The number of halogens is 3. The molecule has 0 aliphatic heterocycles. The molecule has 9 nitrogen and oxygen atoms in total. The highest BCUT2D eigenvalue weighted by molar-refractivity contribution is 14.1. The molecule has 0 bridgehead atoms. The zero-order valence-electron chi connectivity index (χ0n) is 13.2. The van der Waals surface area contributed by atoms with Crippen molar-refractivity contribution in [3.05, 3.63) is 21.8 Å². The van der Waals surface area contributed by atoms with E-state index < -0.39 is 50.4 Å². The van der Waals surface area contributed by atoms with Crippen LogP contribution < -0.4 is 10.6 Å². The predicted octanol–water partition coefficient (Wildman–Crippen LogP) is -0.633. The van der Waals surface area contributed by atoms with Crippen molar-refractivity contribution in [2.24, 2.45) is 0 Å². The third-order valence-electron chi connectivity index (χ3n) is 3.37. The Bertz CT molecular complexity index is 687. The van der Waals surface area contributed by atoms with Crippen LogP contribution in [0.1, 0.15) is 15.9 Å². The Morgan fingerprint density at radius 1 is 0.962 bits per heavy atom. The maximum Gasteiger partial charge on any atom is 0.253 e. The summed E-state index contributed by atoms with van der Waals surface area (Å²) in [6.07, 6.45) is -1.35. The molecule has 1 aromatic rings. The van der Waals surface area contributed by atoms with Crippen molar-refractivity contribution >= 4 is 85.3 Å². The van der Waals surface area contributed by atoms with E-state index in [9.17, 15) is 24.9 Å². The zero-order chi connectivity index (χ0) is 20.0. The molecule has 0 saturated heterocycles. The number of benzene rings is 1. The first-order chi connectivity index (χ1) is 12.2. The number of aliphatic hydroxyl groups excluding tert-OH is 5. The first-order valence-corrected chi connectivity index (χ1v) is 10.4. The lowest BCUT2D eigenvalue weighted by Crippen LogP contribution is -2.47. The number of anilines is 1. The Labute approximate surface area is 190 Å². The van der Waals surface area contributed by atoms with E-state index in [1.807, 2.05) is 67.8 Å². The maximum atomic E-state index is 12.7. The minimum atomic E-state index is -1.35. The molecule has 7 N–H and O–H groups in total. The summed E-state index contributed by atoms with van der Waals surface area (Å²) in [7, 11) is 0. The average Bonchev–Trinajstić information content (AvgIpc) is 2.62. The van der Waals surface area contributed by atoms with Gasteiger partial charge in [0.25, 0.3) is 5.91 Å². The van der Waals surface area contributed by atoms with E-state index in [-0.39, 0.29) is 11.3 Å². The van der Waals surface area contributed by atoms with Gasteiger partial charge in [-0.05, 0) is 67.8 Å². The molecule has 0 aliphatic rings. The molecule has 26 heavy (non-hydrogen) atoms. The third-order valence-corrected chi connectivity index (χ3v) is 6.83. The SMILES string of the molecule is O=C(CO)Nc1c(I)c(CO)c(I)c(C(=O)NC(CO)C(O)CO)c1I. The Kier molecular flexibility index (Phi) is 10.4. The molecule has 1 aromatic carbocycles. The molecule has 0 aliphatic carbocycles. The fraction of sp³-hybridized carbons (Fsp3) is 0.429. The van der Waals surface area contributed by atoms with Gasteiger partial charge in [0.05, 0.1) is 46.8 Å². The van der Waals surface area contributed by atoms with Gasteiger partial charge in [-0.2, -0.15) is 0 Å². The highest BCUT2D eigenvalue weighted by Crippen LogP contribution is 2.35. The largest absolute Gasteiger partial charge is 0.394 e. The van der Waals surface area contributed by atoms with Crippen LogP contribution in [-0.2, 0) is 11.4 Å². The van der Waals surface area contributed by atoms with Crippen molar-refractivity contribution in [1.29, 1.82) is 0 Å². The summed E-state index contributed by atoms with van der Waals surface area (Å²) in [6.45, 7) is -2.38. The molecule has 0 saturated carbocycles. The summed E-state index contributed by atoms with van der Waals surface area (Å²) in [5.74, 6) is -1.34. The van der Waals surface area contributed by atoms with Gasteiger partial charge >= 0.3 is 0 Å². The van der Waals surface area contributed by atoms with Gasteiger partial charge in [-0.3, -0.25) is 9.59 Å². The lowest BCUT2D eigenvalue weighted by Gasteiger charge is -2.23. The summed E-state index contributed by atoms with van der Waals surface area (Å²) in [5, 5.41) is 51.5. The Morgan fingerprint density at radius 2 is 1.58 bits per heavy atom. The molecule has 1 rings (SSSR count). The van der Waals surface area contributed by atoms with Gasteiger partial charge in [-0.1, -0.05) is 0 Å². The number of hydrogen-bond acceptors (Lipinski definition) is 7. The number of nitrogens with one attached hydrogen (secondary N) is 2. The topological polar surface area (TPSA) is 159 Å². The van der Waals surface area contributed by atoms with Crippen LogP contribution in [0.4, 0.5) is 5.69 Å². The van der Waals surface area contributed by atoms with Gasteiger partial charge in [0.1, 0.15) is 6.61 Å². The van der Waals surface area contributed by atoms with E-state index in [4.69, 9.17) is 10.2 Å². The van der Waals surface area contributed by atoms with Crippen LogP contribution >= 0.6 is 67.8 Å². The molecule has 2 atom stereocenters. The third kappa shape index (κ3) is 5.58. The molecular weight excluding hydrogens is 689 g/mol. The number of rotatable bonds is 8. The van der Waals surface area contributed by atoms with E-state index in [0.29, 0.717) is 16.3 Å². The van der Waals surface area contributed by atoms with Crippen LogP contribution in [0.5, 0.6) is 0 Å². The smallest absolute Gasteiger partial charge is 0.253 e. The van der Waals surface area contributed by atoms with Crippen LogP contribution in [0.15, 0.2) is 0 Å². The lowest BCUT2D eigenvalue weighted by atomic mass is 10.1. The molecule has 0 radical (unpaired) electrons. The second kappa shape index (κ2) is 11.2. The fourth-order valence-electron chi connectivity index (χ4n) is 1.97. The average molecular weight is 706 g/mol. The van der Waals surface area contributed by atoms with E-state index in [0.717, 1.165) is 0 Å². The van der Waals surface area contributed by atoms with Crippen molar-refractivity contribution in [3.63, 3.8) is 0 Å². The normalized spacial score (nSPS) is 13.2. The van der Waals surface area contributed by atoms with Crippen LogP contribution in [0, 0.1) is 10.7 Å². The second-order valence-corrected chi connectivity index (χ2v) is 8.28. The van der Waals surface area contributed by atoms with Crippen LogP contribution in [0.2, 0.25) is 0 Å². The number of carbonyl (C=O) groups excluding carboxylic acids is 2. The van der Waals surface area contributed by atoms with Gasteiger partial charge in [-0.25, -0.2) is 0 Å². The standard InChI is InChI=1S/C14H17I3N2O7/c15-10-5(1-20)11(16)13(19-8(25)4-23)12(17)9(10)14(26)18-6(2-21)7(24)3-22/h6-7,20-24H,1-4H2,(H,18,26)(H,19,25). The number of aliphatic hydroxyl groups is 5. The van der Waals surface area contributed by atoms with Crippen LogP contribution in [0.3, 0.4) is 0 Å². The van der Waals surface area contributed by atoms with Crippen LogP contribution in [-0.4, -0.2) is 69.3 Å². The highest BCUT2D eigenvalue weighted by Gasteiger charge is 2.28. The molecule has 2 unspecified atom stereocenters. The number of hydrogen-bond donors (Lipinski definition) is 7. The van der Waals surface area contributed by atoms with Crippen molar-refractivity contribution in [1.82, 2.24) is 5.32 Å². The predicted molar refractivity (Wildman–Crippen MR) is 118 cm³/mol. The van der Waals surface area contributed by atoms with Crippen molar-refractivity contribution in [2.75, 3.05) is 25.1 Å². The molecule has 0 fully saturated rings. The first kappa shape index (κ1) is 24.2. The van der Waals surface area contributed by atoms with Gasteiger partial charge in [0, 0.05) is 12.7 Å². The minimum absolute atomic E-state index is 0.132. The van der Waals surface area contributed by atoms with Crippen molar-refractivity contribution in [3.8, 4) is 0 Å². The van der Waals surface area contributed by atoms with Crippen LogP contribution in [0.25, 0.3) is 0 Å². The van der Waals surface area contributed by atoms with Crippen molar-refractivity contribution < 1.29 is 35.1 Å². The van der Waals surface area contributed by atoms with E-state index >= 15 is 0 Å². The molecule has 146 valence electrons. The van der Waals surface area contributed by atoms with Crippen molar-refractivity contribution in [2.45, 2.75) is 18.8 Å². The van der Waals surface area contributed by atoms with E-state index in [1.165, 1.54) is 0 Å². The molecule has 0 spiro atoms. The summed E-state index contributed by atoms with van der Waals surface area (Å²) in [5.41, 5.74) is 0.809. The highest BCUT2D eigenvalue weighted by atomic mass is 127. The van der Waals surface area contributed by atoms with Gasteiger partial charge < -0.3 is 36.2 Å².